The number of carbonyl (C=O) groups excluding carboxylic acids is 4. The van der Waals surface area contributed by atoms with Gasteiger partial charge in [-0.1, -0.05) is 19.8 Å². The minimum Gasteiger partial charge on any atom is -0.731 e. The Morgan fingerprint density at radius 1 is 0.909 bits per heavy atom. The second-order valence-corrected chi connectivity index (χ2v) is 7.75. The first-order chi connectivity index (χ1) is 13.3. The van der Waals surface area contributed by atoms with Gasteiger partial charge in [-0.3, -0.25) is 4.79 Å². The summed E-state index contributed by atoms with van der Waals surface area (Å²) in [6.07, 6.45) is 1.10. The van der Waals surface area contributed by atoms with Crippen molar-refractivity contribution in [3.05, 3.63) is 0 Å². The topological polar surface area (TPSA) is 207 Å². The summed E-state index contributed by atoms with van der Waals surface area (Å²) in [6.45, 7) is 2.13. The Labute approximate surface area is 282 Å². The molecule has 0 spiro atoms. The average Bonchev–Trinajstić information content (AvgIpc) is 2.59. The van der Waals surface area contributed by atoms with E-state index >= 15 is 0 Å². The Morgan fingerprint density at radius 3 is 1.73 bits per heavy atom. The third-order valence-electron chi connectivity index (χ3n) is 4.30. The van der Waals surface area contributed by atoms with Gasteiger partial charge in [-0.05, 0) is 19.8 Å². The monoisotopic (exact) mass is 529 g/mol. The van der Waals surface area contributed by atoms with Crippen molar-refractivity contribution in [3.63, 3.8) is 0 Å². The molecule has 12 nitrogen and oxygen atoms in total. The van der Waals surface area contributed by atoms with Crippen molar-refractivity contribution in [2.24, 2.45) is 11.3 Å². The number of hydrogen-bond acceptors (Lipinski definition) is 11. The first-order valence-corrected chi connectivity index (χ1v) is 10.1. The zero-order valence-electron chi connectivity index (χ0n) is 20.1. The van der Waals surface area contributed by atoms with Gasteiger partial charge >= 0.3 is 118 Å². The number of carboxylic acids is 3. The normalized spacial score (nSPS) is 11.4. The molecule has 0 fully saturated rings. The molecule has 17 heteroatoms. The molecule has 0 aromatic rings. The largest absolute Gasteiger partial charge is 1.00 e. The number of aliphatic carboxylic acids is 3. The van der Waals surface area contributed by atoms with Crippen LogP contribution in [0.3, 0.4) is 0 Å². The van der Waals surface area contributed by atoms with E-state index in [-0.39, 0.29) is 136 Å². The van der Waals surface area contributed by atoms with Crippen LogP contribution in [0.25, 0.3) is 0 Å². The molecule has 0 saturated carbocycles. The number of unbranched alkanes of at least 4 members (excludes halogenated alkanes) is 2. The molecule has 0 aromatic carbocycles. The van der Waals surface area contributed by atoms with Gasteiger partial charge in [0.1, 0.15) is 0 Å². The van der Waals surface area contributed by atoms with E-state index in [1.165, 1.54) is 0 Å². The van der Waals surface area contributed by atoms with E-state index in [4.69, 9.17) is 4.74 Å². The van der Waals surface area contributed by atoms with E-state index in [1.807, 2.05) is 6.92 Å². The Bertz CT molecular complexity index is 707. The van der Waals surface area contributed by atoms with Crippen molar-refractivity contribution in [1.82, 2.24) is 4.31 Å². The van der Waals surface area contributed by atoms with E-state index < -0.39 is 58.4 Å². The van der Waals surface area contributed by atoms with Gasteiger partial charge in [-0.15, -0.1) is 0 Å². The minimum absolute atomic E-state index is 0. The first kappa shape index (κ1) is 44.7. The van der Waals surface area contributed by atoms with Gasteiger partial charge in [-0.25, -0.2) is 12.7 Å². The maximum absolute atomic E-state index is 12.2. The molecule has 0 aliphatic rings. The van der Waals surface area contributed by atoms with Gasteiger partial charge in [0.05, 0.1) is 17.4 Å². The van der Waals surface area contributed by atoms with Gasteiger partial charge in [0.25, 0.3) is 0 Å². The zero-order chi connectivity index (χ0) is 22.8. The van der Waals surface area contributed by atoms with Crippen LogP contribution in [0.5, 0.6) is 0 Å². The van der Waals surface area contributed by atoms with Crippen molar-refractivity contribution >= 4 is 34.1 Å². The number of carbonyl (C=O) groups is 4. The van der Waals surface area contributed by atoms with Crippen molar-refractivity contribution in [3.8, 4) is 0 Å². The van der Waals surface area contributed by atoms with Crippen LogP contribution in [0.2, 0.25) is 0 Å². The summed E-state index contributed by atoms with van der Waals surface area (Å²) in [5.74, 6) is -11.2. The SMILES string of the molecule is CCCCCOCCCN(C(=O)CC(C(=O)[O-])C(C)(C(=O)[O-])C(=O)[O-])S(=O)(=O)[O-].[Na+].[Na+].[Na+].[Na+]. The Balaban J connectivity index is -0.000000653. The summed E-state index contributed by atoms with van der Waals surface area (Å²) in [4.78, 5) is 45.7. The number of hydrogen-bond donors (Lipinski definition) is 0. The Kier molecular flexibility index (Phi) is 29.5. The molecule has 0 aliphatic carbocycles. The van der Waals surface area contributed by atoms with Gasteiger partial charge in [0.15, 0.2) is 10.3 Å². The predicted molar refractivity (Wildman–Crippen MR) is 87.6 cm³/mol. The molecular weight excluding hydrogens is 506 g/mol. The molecule has 0 radical (unpaired) electrons. The van der Waals surface area contributed by atoms with Crippen LogP contribution in [0, 0.1) is 11.3 Å². The molecular formula is C16H23NNa4O11S. The van der Waals surface area contributed by atoms with E-state index in [0.717, 1.165) is 19.3 Å². The summed E-state index contributed by atoms with van der Waals surface area (Å²) < 4.78 is 39.0. The van der Waals surface area contributed by atoms with E-state index in [2.05, 4.69) is 0 Å². The van der Waals surface area contributed by atoms with Crippen molar-refractivity contribution in [2.75, 3.05) is 19.8 Å². The van der Waals surface area contributed by atoms with E-state index in [1.54, 1.807) is 0 Å². The van der Waals surface area contributed by atoms with Gasteiger partial charge in [0, 0.05) is 38.1 Å². The first-order valence-electron chi connectivity index (χ1n) is 8.77. The van der Waals surface area contributed by atoms with Crippen LogP contribution in [-0.4, -0.2) is 60.8 Å². The summed E-state index contributed by atoms with van der Waals surface area (Å²) >= 11 is 0. The minimum atomic E-state index is -5.38. The smallest absolute Gasteiger partial charge is 0.731 e. The van der Waals surface area contributed by atoms with E-state index in [9.17, 15) is 47.5 Å². The fraction of sp³-hybridized carbons (Fsp3) is 0.750. The van der Waals surface area contributed by atoms with Crippen LogP contribution < -0.4 is 134 Å². The summed E-state index contributed by atoms with van der Waals surface area (Å²) in [7, 11) is -5.38. The summed E-state index contributed by atoms with van der Waals surface area (Å²) in [6, 6.07) is 0. The fourth-order valence-corrected chi connectivity index (χ4v) is 3.07. The third-order valence-corrected chi connectivity index (χ3v) is 5.22. The molecule has 0 saturated heterocycles. The van der Waals surface area contributed by atoms with E-state index in [0.29, 0.717) is 13.5 Å². The average molecular weight is 529 g/mol. The molecule has 1 atom stereocenters. The zero-order valence-corrected chi connectivity index (χ0v) is 28.9. The van der Waals surface area contributed by atoms with Crippen LogP contribution in [-0.2, 0) is 34.2 Å². The number of carboxylic acid groups (broad SMARTS) is 3. The quantitative estimate of drug-likeness (QED) is 0.0842. The number of nitrogens with zero attached hydrogens (tertiary/aromatic N) is 1. The van der Waals surface area contributed by atoms with Crippen LogP contribution >= 0.6 is 0 Å². The Hall–Kier alpha value is 1.75. The number of amides is 1. The summed E-state index contributed by atoms with van der Waals surface area (Å²) in [5, 5.41) is 33.5. The molecule has 0 heterocycles. The van der Waals surface area contributed by atoms with Crippen LogP contribution in [0.15, 0.2) is 0 Å². The second kappa shape index (κ2) is 21.8. The predicted octanol–water partition coefficient (Wildman–Crippen LogP) is -15.8. The molecule has 1 amide bonds. The number of ether oxygens (including phenoxy) is 1. The maximum Gasteiger partial charge on any atom is 1.00 e. The molecule has 0 N–H and O–H groups in total. The molecule has 168 valence electrons. The van der Waals surface area contributed by atoms with Crippen LogP contribution in [0.4, 0.5) is 0 Å². The van der Waals surface area contributed by atoms with Crippen molar-refractivity contribution in [2.45, 2.75) is 46.0 Å². The van der Waals surface area contributed by atoms with Crippen LogP contribution in [0.1, 0.15) is 46.0 Å². The standard InChI is InChI=1S/C16H27NO11S.4Na/c1-3-4-5-8-28-9-6-7-17(29(25,26)27)12(18)10-11(13(19)20)16(2,14(21)22)15(23)24;;;;/h11H,3-10H2,1-2H3,(H,19,20)(H,21,22)(H,23,24)(H,25,26,27);;;;/q;4*+1/p-4. The fourth-order valence-electron chi connectivity index (χ4n) is 2.40. The second-order valence-electron chi connectivity index (χ2n) is 6.45. The van der Waals surface area contributed by atoms with Gasteiger partial charge in [0.2, 0.25) is 5.91 Å². The summed E-state index contributed by atoms with van der Waals surface area (Å²) in [5.41, 5.74) is -3.20. The molecule has 0 aromatic heterocycles. The van der Waals surface area contributed by atoms with Crippen molar-refractivity contribution in [1.29, 1.82) is 0 Å². The van der Waals surface area contributed by atoms with Gasteiger partial charge < -0.3 is 39.0 Å². The molecule has 33 heavy (non-hydrogen) atoms. The van der Waals surface area contributed by atoms with Gasteiger partial charge in [-0.2, -0.15) is 0 Å². The maximum atomic E-state index is 12.2. The Morgan fingerprint density at radius 2 is 1.36 bits per heavy atom. The molecule has 0 bridgehead atoms. The molecule has 1 unspecified atom stereocenters. The molecule has 0 rings (SSSR count). The third kappa shape index (κ3) is 15.6. The number of rotatable bonds is 15. The van der Waals surface area contributed by atoms with Crippen molar-refractivity contribution < 1.29 is 170 Å². The molecule has 0 aliphatic heterocycles.